The number of para-hydroxylation sites is 1. The van der Waals surface area contributed by atoms with Crippen LogP contribution in [0, 0.1) is 18.8 Å². The van der Waals surface area contributed by atoms with E-state index in [1.54, 1.807) is 0 Å². The van der Waals surface area contributed by atoms with Crippen LogP contribution in [0.15, 0.2) is 23.2 Å². The van der Waals surface area contributed by atoms with Gasteiger partial charge in [0.2, 0.25) is 0 Å². The zero-order valence-electron chi connectivity index (χ0n) is 10.4. The van der Waals surface area contributed by atoms with Crippen molar-refractivity contribution in [3.8, 4) is 0 Å². The molecule has 2 unspecified atom stereocenters. The molecule has 0 aromatic heterocycles. The highest BCUT2D eigenvalue weighted by molar-refractivity contribution is 7.41. The summed E-state index contributed by atoms with van der Waals surface area (Å²) in [5.41, 5.74) is 2.04. The van der Waals surface area contributed by atoms with Crippen LogP contribution < -0.4 is 5.30 Å². The molecule has 1 rings (SSSR count). The van der Waals surface area contributed by atoms with E-state index in [0.29, 0.717) is 11.8 Å². The van der Waals surface area contributed by atoms with Crippen molar-refractivity contribution in [1.82, 2.24) is 0 Å². The molecule has 1 aromatic carbocycles. The molecule has 0 saturated carbocycles. The van der Waals surface area contributed by atoms with E-state index in [2.05, 4.69) is 25.8 Å². The van der Waals surface area contributed by atoms with Gasteiger partial charge in [-0.2, -0.15) is 0 Å². The molecule has 0 fully saturated rings. The molecule has 2 atom stereocenters. The molecular weight excluding hydrogens is 217 g/mol. The summed E-state index contributed by atoms with van der Waals surface area (Å²) < 4.78 is 0. The summed E-state index contributed by atoms with van der Waals surface area (Å²) in [6.07, 6.45) is 1.98. The lowest BCUT2D eigenvalue weighted by Crippen LogP contribution is -2.05. The smallest absolute Gasteiger partial charge is 0.0751 e. The van der Waals surface area contributed by atoms with E-state index in [-0.39, 0.29) is 8.81 Å². The maximum absolute atomic E-state index is 9.27. The van der Waals surface area contributed by atoms with Crippen LogP contribution in [-0.4, -0.2) is 11.1 Å². The highest BCUT2D eigenvalue weighted by Gasteiger charge is 2.06. The van der Waals surface area contributed by atoms with Crippen LogP contribution in [0.25, 0.3) is 0 Å². The summed E-state index contributed by atoms with van der Waals surface area (Å²) in [5.74, 6) is 1.04. The molecule has 3 heteroatoms. The number of nitrogens with zero attached hydrogens (tertiary/aromatic N) is 1. The Balaban J connectivity index is 2.96. The predicted octanol–water partition coefficient (Wildman–Crippen LogP) is 3.20. The van der Waals surface area contributed by atoms with E-state index in [0.717, 1.165) is 16.6 Å². The molecule has 0 heterocycles. The minimum Gasteiger partial charge on any atom is -0.372 e. The molecule has 0 spiro atoms. The van der Waals surface area contributed by atoms with Gasteiger partial charge in [-0.15, -0.1) is 0 Å². The van der Waals surface area contributed by atoms with Gasteiger partial charge in [-0.3, -0.25) is 4.99 Å². The van der Waals surface area contributed by atoms with Gasteiger partial charge in [0.15, 0.2) is 0 Å². The average molecular weight is 237 g/mol. The van der Waals surface area contributed by atoms with Crippen molar-refractivity contribution in [2.45, 2.75) is 27.7 Å². The van der Waals surface area contributed by atoms with E-state index in [1.165, 1.54) is 0 Å². The first kappa shape index (κ1) is 13.3. The molecular formula is C13H20NOP. The second-order valence-corrected chi connectivity index (χ2v) is 5.23. The zero-order valence-corrected chi connectivity index (χ0v) is 11.4. The fourth-order valence-electron chi connectivity index (χ4n) is 1.28. The largest absolute Gasteiger partial charge is 0.372 e. The summed E-state index contributed by atoms with van der Waals surface area (Å²) in [6.45, 7) is 8.55. The Bertz CT molecular complexity index is 374. The van der Waals surface area contributed by atoms with E-state index in [1.807, 2.05) is 31.3 Å². The summed E-state index contributed by atoms with van der Waals surface area (Å²) in [6, 6.07) is 5.91. The van der Waals surface area contributed by atoms with Crippen molar-refractivity contribution >= 4 is 26.0 Å². The van der Waals surface area contributed by atoms with E-state index < -0.39 is 0 Å². The molecule has 0 bridgehead atoms. The van der Waals surface area contributed by atoms with Crippen molar-refractivity contribution in [1.29, 1.82) is 0 Å². The summed E-state index contributed by atoms with van der Waals surface area (Å²) >= 11 is 0. The molecule has 0 aliphatic heterocycles. The lowest BCUT2D eigenvalue weighted by atomic mass is 10.00. The predicted molar refractivity (Wildman–Crippen MR) is 73.5 cm³/mol. The summed E-state index contributed by atoms with van der Waals surface area (Å²) in [4.78, 5) is 13.8. The number of rotatable bonds is 4. The van der Waals surface area contributed by atoms with E-state index in [9.17, 15) is 4.89 Å². The van der Waals surface area contributed by atoms with Gasteiger partial charge in [0.1, 0.15) is 0 Å². The van der Waals surface area contributed by atoms with E-state index >= 15 is 0 Å². The zero-order chi connectivity index (χ0) is 12.1. The first-order valence-corrected chi connectivity index (χ1v) is 6.55. The maximum atomic E-state index is 9.27. The van der Waals surface area contributed by atoms with Gasteiger partial charge in [0.25, 0.3) is 0 Å². The molecule has 0 aliphatic rings. The molecule has 1 aromatic rings. The Morgan fingerprint density at radius 2 is 2.00 bits per heavy atom. The first-order valence-electron chi connectivity index (χ1n) is 5.60. The third-order valence-corrected chi connectivity index (χ3v) is 3.49. The quantitative estimate of drug-likeness (QED) is 0.633. The molecule has 2 nitrogen and oxygen atoms in total. The van der Waals surface area contributed by atoms with Crippen LogP contribution in [-0.2, 0) is 0 Å². The van der Waals surface area contributed by atoms with Crippen LogP contribution in [0.4, 0.5) is 5.69 Å². The van der Waals surface area contributed by atoms with Crippen molar-refractivity contribution in [2.24, 2.45) is 16.8 Å². The third kappa shape index (κ3) is 3.40. The standard InChI is InChI=1S/C13H20NOP/c1-9(2)11(4)8-14-13-10(3)6-5-7-12(13)16-15/h5-9,11,15-16H,1-4H3. The van der Waals surface area contributed by atoms with Gasteiger partial charge in [-0.05, 0) is 24.3 Å². The normalized spacial score (nSPS) is 14.4. The second-order valence-electron chi connectivity index (χ2n) is 4.46. The molecule has 0 radical (unpaired) electrons. The monoisotopic (exact) mass is 237 g/mol. The van der Waals surface area contributed by atoms with Gasteiger partial charge in [-0.25, -0.2) is 0 Å². The third-order valence-electron chi connectivity index (χ3n) is 2.85. The Hall–Kier alpha value is -0.720. The van der Waals surface area contributed by atoms with Gasteiger partial charge in [0.05, 0.1) is 5.69 Å². The van der Waals surface area contributed by atoms with Crippen LogP contribution >= 0.6 is 8.81 Å². The van der Waals surface area contributed by atoms with Crippen molar-refractivity contribution in [3.63, 3.8) is 0 Å². The Morgan fingerprint density at radius 1 is 1.31 bits per heavy atom. The van der Waals surface area contributed by atoms with Crippen molar-refractivity contribution < 1.29 is 4.89 Å². The minimum absolute atomic E-state index is 0.191. The van der Waals surface area contributed by atoms with Gasteiger partial charge < -0.3 is 4.89 Å². The maximum Gasteiger partial charge on any atom is 0.0751 e. The number of hydrogen-bond acceptors (Lipinski definition) is 2. The van der Waals surface area contributed by atoms with Gasteiger partial charge in [0, 0.05) is 20.3 Å². The highest BCUT2D eigenvalue weighted by Crippen LogP contribution is 2.22. The lowest BCUT2D eigenvalue weighted by molar-refractivity contribution is 0.541. The van der Waals surface area contributed by atoms with Crippen LogP contribution in [0.3, 0.4) is 0 Å². The number of aryl methyl sites for hydroxylation is 1. The molecule has 1 N–H and O–H groups in total. The average Bonchev–Trinajstić information content (AvgIpc) is 2.26. The number of benzene rings is 1. The van der Waals surface area contributed by atoms with E-state index in [4.69, 9.17) is 0 Å². The minimum atomic E-state index is -0.191. The second kappa shape index (κ2) is 6.12. The van der Waals surface area contributed by atoms with Crippen molar-refractivity contribution in [3.05, 3.63) is 23.8 Å². The summed E-state index contributed by atoms with van der Waals surface area (Å²) in [7, 11) is -0.191. The SMILES string of the molecule is Cc1cccc(PO)c1N=CC(C)C(C)C. The number of hydrogen-bond donors (Lipinski definition) is 1. The molecule has 0 aliphatic carbocycles. The van der Waals surface area contributed by atoms with Crippen LogP contribution in [0.2, 0.25) is 0 Å². The highest BCUT2D eigenvalue weighted by atomic mass is 31.1. The Labute approximate surface area is 99.7 Å². The Morgan fingerprint density at radius 3 is 2.56 bits per heavy atom. The summed E-state index contributed by atoms with van der Waals surface area (Å²) in [5, 5.41) is 0.923. The molecule has 16 heavy (non-hydrogen) atoms. The fourth-order valence-corrected chi connectivity index (χ4v) is 1.82. The van der Waals surface area contributed by atoms with Crippen LogP contribution in [0.1, 0.15) is 26.3 Å². The van der Waals surface area contributed by atoms with Crippen molar-refractivity contribution in [2.75, 3.05) is 0 Å². The molecule has 0 amide bonds. The first-order chi connectivity index (χ1) is 7.56. The lowest BCUT2D eigenvalue weighted by Gasteiger charge is -2.10. The van der Waals surface area contributed by atoms with Gasteiger partial charge >= 0.3 is 0 Å². The number of aliphatic imine (C=N–C) groups is 1. The van der Waals surface area contributed by atoms with Gasteiger partial charge in [-0.1, -0.05) is 39.0 Å². The van der Waals surface area contributed by atoms with Crippen LogP contribution in [0.5, 0.6) is 0 Å². The fraction of sp³-hybridized carbons (Fsp3) is 0.462. The Kier molecular flexibility index (Phi) is 5.11. The molecule has 88 valence electrons. The molecule has 0 saturated heterocycles. The topological polar surface area (TPSA) is 32.6 Å².